The second-order valence-corrected chi connectivity index (χ2v) is 11.4. The zero-order valence-corrected chi connectivity index (χ0v) is 24.3. The summed E-state index contributed by atoms with van der Waals surface area (Å²) in [5.74, 6) is 1.77. The van der Waals surface area contributed by atoms with Crippen molar-refractivity contribution in [3.8, 4) is 11.5 Å². The van der Waals surface area contributed by atoms with E-state index in [2.05, 4.69) is 43.8 Å². The number of methoxy groups -OCH3 is 2. The Labute approximate surface area is 234 Å². The molecule has 1 aromatic heterocycles. The van der Waals surface area contributed by atoms with E-state index in [9.17, 15) is 8.42 Å². The number of aromatic nitrogens is 2. The summed E-state index contributed by atoms with van der Waals surface area (Å²) < 4.78 is 36.7. The van der Waals surface area contributed by atoms with Gasteiger partial charge in [-0.3, -0.25) is 4.31 Å². The Bertz CT molecular complexity index is 1430. The van der Waals surface area contributed by atoms with Gasteiger partial charge >= 0.3 is 0 Å². The molecular formula is C26H34ClN7O4S. The first-order valence-electron chi connectivity index (χ1n) is 12.5. The molecule has 0 atom stereocenters. The van der Waals surface area contributed by atoms with Crippen molar-refractivity contribution in [2.45, 2.75) is 13.3 Å². The highest BCUT2D eigenvalue weighted by Crippen LogP contribution is 2.37. The lowest BCUT2D eigenvalue weighted by Crippen LogP contribution is -2.43. The van der Waals surface area contributed by atoms with Crippen LogP contribution in [0, 0.1) is 0 Å². The summed E-state index contributed by atoms with van der Waals surface area (Å²) >= 11 is 6.44. The van der Waals surface area contributed by atoms with Gasteiger partial charge in [0.25, 0.3) is 0 Å². The smallest absolute Gasteiger partial charge is 0.232 e. The van der Waals surface area contributed by atoms with Gasteiger partial charge < -0.3 is 30.3 Å². The Hall–Kier alpha value is -3.48. The number of piperazine rings is 1. The third kappa shape index (κ3) is 6.57. The molecule has 13 heteroatoms. The van der Waals surface area contributed by atoms with Gasteiger partial charge in [0.2, 0.25) is 16.0 Å². The Balaban J connectivity index is 1.66. The van der Waals surface area contributed by atoms with E-state index in [4.69, 9.17) is 21.1 Å². The zero-order valence-electron chi connectivity index (χ0n) is 22.7. The largest absolute Gasteiger partial charge is 0.497 e. The highest BCUT2D eigenvalue weighted by atomic mass is 35.5. The topological polar surface area (TPSA) is 121 Å². The normalized spacial score (nSPS) is 13.6. The van der Waals surface area contributed by atoms with Crippen LogP contribution >= 0.6 is 11.6 Å². The predicted molar refractivity (Wildman–Crippen MR) is 157 cm³/mol. The zero-order chi connectivity index (χ0) is 28.2. The molecule has 39 heavy (non-hydrogen) atoms. The number of hydrogen-bond donors (Lipinski definition) is 3. The van der Waals surface area contributed by atoms with E-state index >= 15 is 0 Å². The van der Waals surface area contributed by atoms with Gasteiger partial charge in [-0.05, 0) is 30.2 Å². The fraction of sp³-hybridized carbons (Fsp3) is 0.385. The summed E-state index contributed by atoms with van der Waals surface area (Å²) in [6, 6.07) is 9.14. The molecule has 1 aliphatic heterocycles. The molecule has 4 rings (SSSR count). The van der Waals surface area contributed by atoms with Crippen molar-refractivity contribution < 1.29 is 17.9 Å². The number of aryl methyl sites for hydroxylation is 1. The van der Waals surface area contributed by atoms with Gasteiger partial charge in [0.1, 0.15) is 16.5 Å². The summed E-state index contributed by atoms with van der Waals surface area (Å²) in [6.07, 6.45) is 3.45. The summed E-state index contributed by atoms with van der Waals surface area (Å²) in [5, 5.41) is 10.1. The van der Waals surface area contributed by atoms with E-state index in [-0.39, 0.29) is 5.02 Å². The maximum atomic E-state index is 12.3. The molecule has 0 saturated carbocycles. The van der Waals surface area contributed by atoms with Crippen molar-refractivity contribution in [3.05, 3.63) is 47.1 Å². The van der Waals surface area contributed by atoms with Crippen LogP contribution in [0.25, 0.3) is 0 Å². The molecule has 0 amide bonds. The summed E-state index contributed by atoms with van der Waals surface area (Å²) in [7, 11) is 1.07. The molecule has 0 radical (unpaired) electrons. The Kier molecular flexibility index (Phi) is 8.88. The van der Waals surface area contributed by atoms with Crippen LogP contribution in [-0.2, 0) is 16.4 Å². The molecule has 3 aromatic rings. The van der Waals surface area contributed by atoms with Crippen LogP contribution in [0.4, 0.5) is 34.5 Å². The Morgan fingerprint density at radius 3 is 2.49 bits per heavy atom. The number of rotatable bonds is 10. The van der Waals surface area contributed by atoms with Crippen molar-refractivity contribution in [1.82, 2.24) is 15.3 Å². The number of benzene rings is 2. The highest BCUT2D eigenvalue weighted by Gasteiger charge is 2.20. The molecular weight excluding hydrogens is 542 g/mol. The first kappa shape index (κ1) is 28.5. The molecule has 0 bridgehead atoms. The Morgan fingerprint density at radius 1 is 1.10 bits per heavy atom. The van der Waals surface area contributed by atoms with Crippen LogP contribution in [0.15, 0.2) is 36.5 Å². The van der Waals surface area contributed by atoms with E-state index in [1.54, 1.807) is 25.3 Å². The second kappa shape index (κ2) is 12.1. The first-order chi connectivity index (χ1) is 18.6. The monoisotopic (exact) mass is 575 g/mol. The maximum Gasteiger partial charge on any atom is 0.232 e. The van der Waals surface area contributed by atoms with E-state index in [1.165, 1.54) is 25.9 Å². The van der Waals surface area contributed by atoms with Crippen LogP contribution < -0.4 is 34.6 Å². The lowest BCUT2D eigenvalue weighted by atomic mass is 10.1. The van der Waals surface area contributed by atoms with Gasteiger partial charge in [-0.15, -0.1) is 0 Å². The summed E-state index contributed by atoms with van der Waals surface area (Å²) in [6.45, 7) is 5.86. The van der Waals surface area contributed by atoms with E-state index in [0.29, 0.717) is 34.6 Å². The van der Waals surface area contributed by atoms with E-state index in [1.807, 2.05) is 6.07 Å². The number of nitrogens with zero attached hydrogens (tertiary/aromatic N) is 4. The predicted octanol–water partition coefficient (Wildman–Crippen LogP) is 4.00. The Morgan fingerprint density at radius 2 is 1.85 bits per heavy atom. The SMILES string of the molecule is CCc1cc(Nc2ncc(Cl)c(Nc3ccc(OC)cc3N(C)S(C)(=O)=O)n2)c(OC)cc1N1CCNCC1. The van der Waals surface area contributed by atoms with E-state index in [0.717, 1.165) is 54.5 Å². The molecule has 2 heterocycles. The van der Waals surface area contributed by atoms with Crippen LogP contribution in [-0.4, -0.2) is 72.1 Å². The number of ether oxygens (including phenoxy) is 2. The number of sulfonamides is 1. The molecule has 0 unspecified atom stereocenters. The van der Waals surface area contributed by atoms with E-state index < -0.39 is 10.0 Å². The fourth-order valence-electron chi connectivity index (χ4n) is 4.31. The molecule has 1 fully saturated rings. The third-order valence-corrected chi connectivity index (χ3v) is 7.99. The molecule has 3 N–H and O–H groups in total. The second-order valence-electron chi connectivity index (χ2n) is 9.03. The van der Waals surface area contributed by atoms with Crippen LogP contribution in [0.2, 0.25) is 5.02 Å². The average Bonchev–Trinajstić information content (AvgIpc) is 2.94. The minimum atomic E-state index is -3.54. The lowest BCUT2D eigenvalue weighted by Gasteiger charge is -2.31. The summed E-state index contributed by atoms with van der Waals surface area (Å²) in [5.41, 5.74) is 3.91. The van der Waals surface area contributed by atoms with Crippen LogP contribution in [0.5, 0.6) is 11.5 Å². The fourth-order valence-corrected chi connectivity index (χ4v) is 4.96. The number of nitrogens with one attached hydrogen (secondary N) is 3. The molecule has 11 nitrogen and oxygen atoms in total. The standard InChI is InChI=1S/C26H34ClN7O4S/c1-6-17-13-21(24(38-4)15-22(17)34-11-9-28-10-12-34)31-26-29-16-19(27)25(32-26)30-20-8-7-18(37-3)14-23(20)33(2)39(5,35)36/h7-8,13-16,28H,6,9-12H2,1-5H3,(H2,29,30,31,32). The van der Waals surface area contributed by atoms with Crippen molar-refractivity contribution in [1.29, 1.82) is 0 Å². The maximum absolute atomic E-state index is 12.3. The van der Waals surface area contributed by atoms with Gasteiger partial charge in [0.15, 0.2) is 5.82 Å². The number of anilines is 6. The lowest BCUT2D eigenvalue weighted by molar-refractivity contribution is 0.415. The number of halogens is 1. The van der Waals surface area contributed by atoms with Gasteiger partial charge in [-0.25, -0.2) is 13.4 Å². The molecule has 0 spiro atoms. The van der Waals surface area contributed by atoms with Crippen molar-refractivity contribution in [2.75, 3.05) is 73.5 Å². The molecule has 210 valence electrons. The third-order valence-electron chi connectivity index (χ3n) is 6.52. The highest BCUT2D eigenvalue weighted by molar-refractivity contribution is 7.92. The van der Waals surface area contributed by atoms with Gasteiger partial charge in [0.05, 0.1) is 43.7 Å². The van der Waals surface area contributed by atoms with Crippen molar-refractivity contribution in [2.24, 2.45) is 0 Å². The van der Waals surface area contributed by atoms with Crippen LogP contribution in [0.3, 0.4) is 0 Å². The summed E-state index contributed by atoms with van der Waals surface area (Å²) in [4.78, 5) is 11.3. The van der Waals surface area contributed by atoms with Crippen LogP contribution in [0.1, 0.15) is 12.5 Å². The minimum Gasteiger partial charge on any atom is -0.497 e. The molecule has 1 aliphatic rings. The minimum absolute atomic E-state index is 0.264. The van der Waals surface area contributed by atoms with Gasteiger partial charge in [-0.2, -0.15) is 4.98 Å². The molecule has 1 saturated heterocycles. The van der Waals surface area contributed by atoms with Crippen molar-refractivity contribution >= 4 is 56.1 Å². The molecule has 2 aromatic carbocycles. The first-order valence-corrected chi connectivity index (χ1v) is 14.7. The number of hydrogen-bond acceptors (Lipinski definition) is 10. The van der Waals surface area contributed by atoms with Crippen molar-refractivity contribution in [3.63, 3.8) is 0 Å². The molecule has 0 aliphatic carbocycles. The quantitative estimate of drug-likeness (QED) is 0.327. The van der Waals surface area contributed by atoms with Gasteiger partial charge in [0, 0.05) is 51.0 Å². The average molecular weight is 576 g/mol. The van der Waals surface area contributed by atoms with Gasteiger partial charge in [-0.1, -0.05) is 18.5 Å².